The normalized spacial score (nSPS) is 10.4. The highest BCUT2D eigenvalue weighted by atomic mass is 79.9. The second kappa shape index (κ2) is 7.46. The minimum atomic E-state index is -3.06. The number of aliphatic hydroxyl groups excluding tert-OH is 1. The highest BCUT2D eigenvalue weighted by Crippen LogP contribution is 2.37. The Hall–Kier alpha value is -1.12. The molecule has 9 heteroatoms. The van der Waals surface area contributed by atoms with Gasteiger partial charge >= 0.3 is 12.7 Å². The van der Waals surface area contributed by atoms with Crippen LogP contribution >= 0.6 is 27.5 Å². The average molecular weight is 361 g/mol. The minimum absolute atomic E-state index is 0.0809. The molecule has 0 spiro atoms. The number of hydrogen-bond donors (Lipinski definition) is 2. The van der Waals surface area contributed by atoms with E-state index >= 15 is 0 Å². The first-order valence-corrected chi connectivity index (χ1v) is 6.09. The van der Waals surface area contributed by atoms with E-state index in [0.717, 1.165) is 0 Å². The number of rotatable bonds is 5. The van der Waals surface area contributed by atoms with E-state index in [1.807, 2.05) is 0 Å². The van der Waals surface area contributed by atoms with E-state index in [9.17, 15) is 13.6 Å². The standard InChI is InChI=1S/C10H9BrClF2NO4/c11-6-3-5(12)4-7(8(6)19-9(13)14)15-10(17)18-2-1-16/h3-4,9,16H,1-2H2,(H,15,17). The zero-order valence-corrected chi connectivity index (χ0v) is 11.7. The molecular weight excluding hydrogens is 351 g/mol. The number of anilines is 1. The Morgan fingerprint density at radius 1 is 1.53 bits per heavy atom. The molecule has 0 aliphatic rings. The van der Waals surface area contributed by atoms with Gasteiger partial charge in [0.1, 0.15) is 6.61 Å². The zero-order chi connectivity index (χ0) is 14.4. The molecule has 0 aliphatic carbocycles. The van der Waals surface area contributed by atoms with E-state index in [2.05, 4.69) is 30.7 Å². The predicted octanol–water partition coefficient (Wildman–Crippen LogP) is 3.24. The van der Waals surface area contributed by atoms with Crippen molar-refractivity contribution in [2.75, 3.05) is 18.5 Å². The molecular formula is C10H9BrClF2NO4. The predicted molar refractivity (Wildman–Crippen MR) is 67.8 cm³/mol. The van der Waals surface area contributed by atoms with Crippen LogP contribution in [0.3, 0.4) is 0 Å². The number of ether oxygens (including phenoxy) is 2. The third-order valence-corrected chi connectivity index (χ3v) is 2.58. The number of halogens is 4. The van der Waals surface area contributed by atoms with Gasteiger partial charge in [0.15, 0.2) is 5.75 Å². The lowest BCUT2D eigenvalue weighted by Gasteiger charge is -2.14. The van der Waals surface area contributed by atoms with Gasteiger partial charge in [-0.05, 0) is 28.1 Å². The molecule has 0 unspecified atom stereocenters. The first kappa shape index (κ1) is 15.9. The monoisotopic (exact) mass is 359 g/mol. The van der Waals surface area contributed by atoms with Crippen molar-refractivity contribution in [2.45, 2.75) is 6.61 Å². The quantitative estimate of drug-likeness (QED) is 0.846. The summed E-state index contributed by atoms with van der Waals surface area (Å²) in [6.07, 6.45) is -0.928. The summed E-state index contributed by atoms with van der Waals surface area (Å²) in [4.78, 5) is 11.3. The molecule has 0 saturated carbocycles. The Morgan fingerprint density at radius 2 is 2.21 bits per heavy atom. The summed E-state index contributed by atoms with van der Waals surface area (Å²) in [7, 11) is 0. The number of hydrogen-bond acceptors (Lipinski definition) is 4. The molecule has 0 aromatic heterocycles. The topological polar surface area (TPSA) is 67.8 Å². The van der Waals surface area contributed by atoms with Crippen LogP contribution in [0, 0.1) is 0 Å². The van der Waals surface area contributed by atoms with E-state index in [-0.39, 0.29) is 34.1 Å². The molecule has 0 fully saturated rings. The van der Waals surface area contributed by atoms with Gasteiger partial charge in [0.05, 0.1) is 16.8 Å². The number of alkyl halides is 2. The van der Waals surface area contributed by atoms with Crippen LogP contribution in [-0.2, 0) is 4.74 Å². The molecule has 0 aliphatic heterocycles. The maximum atomic E-state index is 12.3. The smallest absolute Gasteiger partial charge is 0.411 e. The first-order chi connectivity index (χ1) is 8.93. The van der Waals surface area contributed by atoms with Crippen LogP contribution in [0.5, 0.6) is 5.75 Å². The Morgan fingerprint density at radius 3 is 2.79 bits per heavy atom. The lowest BCUT2D eigenvalue weighted by Crippen LogP contribution is -2.17. The molecule has 19 heavy (non-hydrogen) atoms. The highest BCUT2D eigenvalue weighted by Gasteiger charge is 2.17. The van der Waals surface area contributed by atoms with Crippen LogP contribution in [0.15, 0.2) is 16.6 Å². The molecule has 1 aromatic carbocycles. The maximum absolute atomic E-state index is 12.3. The fourth-order valence-electron chi connectivity index (χ4n) is 1.15. The van der Waals surface area contributed by atoms with Crippen molar-refractivity contribution in [2.24, 2.45) is 0 Å². The molecule has 0 atom stereocenters. The van der Waals surface area contributed by atoms with Gasteiger partial charge in [-0.2, -0.15) is 8.78 Å². The van der Waals surface area contributed by atoms with Crippen LogP contribution in [0.1, 0.15) is 0 Å². The van der Waals surface area contributed by atoms with E-state index in [1.165, 1.54) is 12.1 Å². The summed E-state index contributed by atoms with van der Waals surface area (Å²) < 4.78 is 33.5. The van der Waals surface area contributed by atoms with Crippen LogP contribution in [0.25, 0.3) is 0 Å². The van der Waals surface area contributed by atoms with Crippen LogP contribution in [0.2, 0.25) is 5.02 Å². The summed E-state index contributed by atoms with van der Waals surface area (Å²) in [5.41, 5.74) is -0.0809. The SMILES string of the molecule is O=C(Nc1cc(Cl)cc(Br)c1OC(F)F)OCCO. The van der Waals surface area contributed by atoms with E-state index in [4.69, 9.17) is 16.7 Å². The summed E-state index contributed by atoms with van der Waals surface area (Å²) in [5, 5.41) is 10.9. The molecule has 0 heterocycles. The van der Waals surface area contributed by atoms with Crippen molar-refractivity contribution in [3.05, 3.63) is 21.6 Å². The van der Waals surface area contributed by atoms with Crippen LogP contribution in [0.4, 0.5) is 19.3 Å². The number of aliphatic hydroxyl groups is 1. The lowest BCUT2D eigenvalue weighted by atomic mass is 10.3. The Bertz CT molecular complexity index is 461. The fourth-order valence-corrected chi connectivity index (χ4v) is 2.05. The number of carbonyl (C=O) groups is 1. The van der Waals surface area contributed by atoms with Crippen molar-refractivity contribution in [3.8, 4) is 5.75 Å². The second-order valence-electron chi connectivity index (χ2n) is 3.13. The van der Waals surface area contributed by atoms with Gasteiger partial charge in [-0.25, -0.2) is 4.79 Å². The maximum Gasteiger partial charge on any atom is 0.411 e. The van der Waals surface area contributed by atoms with Gasteiger partial charge in [-0.15, -0.1) is 0 Å². The van der Waals surface area contributed by atoms with Gasteiger partial charge in [0, 0.05) is 5.02 Å². The van der Waals surface area contributed by atoms with Gasteiger partial charge < -0.3 is 14.6 Å². The van der Waals surface area contributed by atoms with Crippen molar-refractivity contribution < 1.29 is 28.2 Å². The third kappa shape index (κ3) is 5.17. The van der Waals surface area contributed by atoms with Crippen molar-refractivity contribution >= 4 is 39.3 Å². The number of benzene rings is 1. The molecule has 2 N–H and O–H groups in total. The van der Waals surface area contributed by atoms with E-state index in [0.29, 0.717) is 0 Å². The first-order valence-electron chi connectivity index (χ1n) is 4.92. The highest BCUT2D eigenvalue weighted by molar-refractivity contribution is 9.10. The fraction of sp³-hybridized carbons (Fsp3) is 0.300. The van der Waals surface area contributed by atoms with Crippen molar-refractivity contribution in [3.63, 3.8) is 0 Å². The summed E-state index contributed by atoms with van der Waals surface area (Å²) in [5.74, 6) is -0.277. The van der Waals surface area contributed by atoms with E-state index < -0.39 is 12.7 Å². The molecule has 106 valence electrons. The number of carbonyl (C=O) groups excluding carboxylic acids is 1. The third-order valence-electron chi connectivity index (χ3n) is 1.78. The molecule has 1 aromatic rings. The molecule has 0 radical (unpaired) electrons. The van der Waals surface area contributed by atoms with E-state index in [1.54, 1.807) is 0 Å². The average Bonchev–Trinajstić information content (AvgIpc) is 2.30. The lowest BCUT2D eigenvalue weighted by molar-refractivity contribution is -0.0498. The van der Waals surface area contributed by atoms with Crippen molar-refractivity contribution in [1.29, 1.82) is 0 Å². The zero-order valence-electron chi connectivity index (χ0n) is 9.33. The minimum Gasteiger partial charge on any atom is -0.447 e. The molecule has 0 bridgehead atoms. The Labute approximate surface area is 120 Å². The van der Waals surface area contributed by atoms with Crippen molar-refractivity contribution in [1.82, 2.24) is 0 Å². The molecule has 0 saturated heterocycles. The van der Waals surface area contributed by atoms with Gasteiger partial charge in [-0.3, -0.25) is 5.32 Å². The Kier molecular flexibility index (Phi) is 6.26. The number of amides is 1. The second-order valence-corrected chi connectivity index (χ2v) is 4.42. The van der Waals surface area contributed by atoms with Crippen LogP contribution < -0.4 is 10.1 Å². The van der Waals surface area contributed by atoms with Gasteiger partial charge in [-0.1, -0.05) is 11.6 Å². The Balaban J connectivity index is 2.93. The molecule has 1 amide bonds. The molecule has 5 nitrogen and oxygen atoms in total. The number of nitrogens with one attached hydrogen (secondary N) is 1. The van der Waals surface area contributed by atoms with Gasteiger partial charge in [0.2, 0.25) is 0 Å². The molecule has 1 rings (SSSR count). The summed E-state index contributed by atoms with van der Waals surface area (Å²) in [6.45, 7) is -3.64. The largest absolute Gasteiger partial charge is 0.447 e. The van der Waals surface area contributed by atoms with Gasteiger partial charge in [0.25, 0.3) is 0 Å². The summed E-state index contributed by atoms with van der Waals surface area (Å²) in [6, 6.07) is 2.56. The summed E-state index contributed by atoms with van der Waals surface area (Å²) >= 11 is 8.74. The van der Waals surface area contributed by atoms with Crippen LogP contribution in [-0.4, -0.2) is 31.0 Å².